The van der Waals surface area contributed by atoms with Crippen molar-refractivity contribution in [3.8, 4) is 0 Å². The summed E-state index contributed by atoms with van der Waals surface area (Å²) in [5.41, 5.74) is 2.36. The van der Waals surface area contributed by atoms with Crippen LogP contribution in [0.2, 0.25) is 0 Å². The first-order chi connectivity index (χ1) is 10.6. The predicted octanol–water partition coefficient (Wildman–Crippen LogP) is 2.52. The van der Waals surface area contributed by atoms with Crippen molar-refractivity contribution in [2.24, 2.45) is 0 Å². The zero-order chi connectivity index (χ0) is 15.7. The van der Waals surface area contributed by atoms with Gasteiger partial charge in [0.2, 0.25) is 0 Å². The Morgan fingerprint density at radius 3 is 2.59 bits per heavy atom. The van der Waals surface area contributed by atoms with Gasteiger partial charge in [0.05, 0.1) is 11.3 Å². The number of benzene rings is 1. The summed E-state index contributed by atoms with van der Waals surface area (Å²) in [6.07, 6.45) is 3.50. The second-order valence-corrected chi connectivity index (χ2v) is 5.55. The van der Waals surface area contributed by atoms with Gasteiger partial charge >= 0.3 is 5.97 Å². The van der Waals surface area contributed by atoms with Crippen LogP contribution in [-0.4, -0.2) is 34.1 Å². The van der Waals surface area contributed by atoms with Gasteiger partial charge in [-0.15, -0.1) is 0 Å². The molecule has 0 spiro atoms. The monoisotopic (exact) mass is 300 g/mol. The van der Waals surface area contributed by atoms with E-state index in [1.165, 1.54) is 18.4 Å². The molecule has 3 rings (SSSR count). The summed E-state index contributed by atoms with van der Waals surface area (Å²) in [4.78, 5) is 24.9. The average Bonchev–Trinajstić information content (AvgIpc) is 3.24. The molecule has 0 radical (unpaired) electrons. The third-order valence-electron chi connectivity index (χ3n) is 3.76. The van der Waals surface area contributed by atoms with Gasteiger partial charge in [-0.2, -0.15) is 0 Å². The third kappa shape index (κ3) is 2.86. The molecule has 114 valence electrons. The third-order valence-corrected chi connectivity index (χ3v) is 3.76. The van der Waals surface area contributed by atoms with E-state index in [9.17, 15) is 9.59 Å². The van der Waals surface area contributed by atoms with E-state index >= 15 is 0 Å². The fourth-order valence-corrected chi connectivity index (χ4v) is 2.36. The molecule has 6 nitrogen and oxygen atoms in total. The molecule has 1 aromatic carbocycles. The lowest BCUT2D eigenvalue weighted by atomic mass is 10.1. The first-order valence-electron chi connectivity index (χ1n) is 7.08. The molecule has 1 N–H and O–H groups in total. The standard InChI is InChI=1S/C16H16N2O4/c1-18(8-10-2-4-12(5-3-10)16(20)21)15(19)13-9-22-17-14(13)11-6-7-11/h2-5,9,11H,6-8H2,1H3,(H,20,21). The predicted molar refractivity (Wildman–Crippen MR) is 77.7 cm³/mol. The largest absolute Gasteiger partial charge is 0.478 e. The van der Waals surface area contributed by atoms with Gasteiger partial charge in [-0.25, -0.2) is 4.79 Å². The fraction of sp³-hybridized carbons (Fsp3) is 0.312. The number of carbonyl (C=O) groups excluding carboxylic acids is 1. The Bertz CT molecular complexity index is 701. The highest BCUT2D eigenvalue weighted by atomic mass is 16.5. The Labute approximate surface area is 127 Å². The molecular formula is C16H16N2O4. The number of nitrogens with zero attached hydrogens (tertiary/aromatic N) is 2. The van der Waals surface area contributed by atoms with Crippen LogP contribution >= 0.6 is 0 Å². The van der Waals surface area contributed by atoms with Crippen LogP contribution in [0.25, 0.3) is 0 Å². The molecule has 2 aromatic rings. The van der Waals surface area contributed by atoms with E-state index in [-0.39, 0.29) is 11.5 Å². The van der Waals surface area contributed by atoms with Crippen LogP contribution in [0.1, 0.15) is 50.7 Å². The van der Waals surface area contributed by atoms with E-state index in [1.807, 2.05) is 0 Å². The lowest BCUT2D eigenvalue weighted by Crippen LogP contribution is -2.26. The van der Waals surface area contributed by atoms with Gasteiger partial charge in [-0.1, -0.05) is 17.3 Å². The highest BCUT2D eigenvalue weighted by Gasteiger charge is 2.32. The van der Waals surface area contributed by atoms with Gasteiger partial charge in [0.25, 0.3) is 5.91 Å². The molecule has 1 aliphatic carbocycles. The van der Waals surface area contributed by atoms with E-state index in [0.717, 1.165) is 24.1 Å². The number of hydrogen-bond donors (Lipinski definition) is 1. The number of aromatic carboxylic acids is 1. The van der Waals surface area contributed by atoms with Crippen molar-refractivity contribution in [3.63, 3.8) is 0 Å². The number of rotatable bonds is 5. The van der Waals surface area contributed by atoms with Gasteiger partial charge in [-0.05, 0) is 30.5 Å². The molecular weight excluding hydrogens is 284 g/mol. The SMILES string of the molecule is CN(Cc1ccc(C(=O)O)cc1)C(=O)c1conc1C1CC1. The Hall–Kier alpha value is -2.63. The first kappa shape index (κ1) is 14.3. The van der Waals surface area contributed by atoms with Crippen molar-refractivity contribution in [1.29, 1.82) is 0 Å². The van der Waals surface area contributed by atoms with Gasteiger partial charge in [0.15, 0.2) is 0 Å². The van der Waals surface area contributed by atoms with E-state index in [2.05, 4.69) is 5.16 Å². The average molecular weight is 300 g/mol. The molecule has 0 bridgehead atoms. The van der Waals surface area contributed by atoms with Crippen molar-refractivity contribution >= 4 is 11.9 Å². The van der Waals surface area contributed by atoms with Gasteiger partial charge < -0.3 is 14.5 Å². The number of amides is 1. The number of carbonyl (C=O) groups is 2. The molecule has 1 amide bonds. The Morgan fingerprint density at radius 1 is 1.32 bits per heavy atom. The molecule has 6 heteroatoms. The van der Waals surface area contributed by atoms with Crippen molar-refractivity contribution in [1.82, 2.24) is 10.1 Å². The minimum absolute atomic E-state index is 0.134. The Balaban J connectivity index is 1.70. The number of carboxylic acid groups (broad SMARTS) is 1. The van der Waals surface area contributed by atoms with E-state index in [1.54, 1.807) is 24.1 Å². The molecule has 0 atom stereocenters. The van der Waals surface area contributed by atoms with Gasteiger partial charge in [0.1, 0.15) is 11.8 Å². The summed E-state index contributed by atoms with van der Waals surface area (Å²) in [7, 11) is 1.71. The van der Waals surface area contributed by atoms with Crippen LogP contribution < -0.4 is 0 Å². The second-order valence-electron chi connectivity index (χ2n) is 5.55. The maximum Gasteiger partial charge on any atom is 0.335 e. The topological polar surface area (TPSA) is 83.6 Å². The smallest absolute Gasteiger partial charge is 0.335 e. The minimum Gasteiger partial charge on any atom is -0.478 e. The molecule has 0 aliphatic heterocycles. The maximum atomic E-state index is 12.5. The molecule has 0 saturated heterocycles. The van der Waals surface area contributed by atoms with E-state index in [0.29, 0.717) is 18.0 Å². The summed E-state index contributed by atoms with van der Waals surface area (Å²) in [5.74, 6) is -0.749. The maximum absolute atomic E-state index is 12.5. The molecule has 1 fully saturated rings. The van der Waals surface area contributed by atoms with Gasteiger partial charge in [0, 0.05) is 19.5 Å². The van der Waals surface area contributed by atoms with Crippen molar-refractivity contribution in [2.45, 2.75) is 25.3 Å². The minimum atomic E-state index is -0.963. The highest BCUT2D eigenvalue weighted by Crippen LogP contribution is 2.41. The van der Waals surface area contributed by atoms with Crippen molar-refractivity contribution in [3.05, 3.63) is 52.9 Å². The van der Waals surface area contributed by atoms with E-state index in [4.69, 9.17) is 9.63 Å². The summed E-state index contributed by atoms with van der Waals surface area (Å²) < 4.78 is 4.95. The fourth-order valence-electron chi connectivity index (χ4n) is 2.36. The quantitative estimate of drug-likeness (QED) is 0.917. The summed E-state index contributed by atoms with van der Waals surface area (Å²) in [6, 6.07) is 6.49. The molecule has 1 aromatic heterocycles. The molecule has 1 heterocycles. The molecule has 22 heavy (non-hydrogen) atoms. The summed E-state index contributed by atoms with van der Waals surface area (Å²) in [6.45, 7) is 0.397. The summed E-state index contributed by atoms with van der Waals surface area (Å²) in [5, 5.41) is 12.8. The second kappa shape index (κ2) is 5.63. The molecule has 1 aliphatic rings. The lowest BCUT2D eigenvalue weighted by Gasteiger charge is -2.17. The van der Waals surface area contributed by atoms with Crippen molar-refractivity contribution in [2.75, 3.05) is 7.05 Å². The van der Waals surface area contributed by atoms with Crippen LogP contribution in [0.4, 0.5) is 0 Å². The Kier molecular flexibility index (Phi) is 3.66. The number of aromatic nitrogens is 1. The zero-order valence-electron chi connectivity index (χ0n) is 12.2. The van der Waals surface area contributed by atoms with Crippen LogP contribution in [0.15, 0.2) is 35.1 Å². The van der Waals surface area contributed by atoms with Crippen LogP contribution in [0.3, 0.4) is 0 Å². The van der Waals surface area contributed by atoms with Crippen LogP contribution in [0, 0.1) is 0 Å². The molecule has 0 unspecified atom stereocenters. The first-order valence-corrected chi connectivity index (χ1v) is 7.08. The number of carboxylic acids is 1. The molecule has 1 saturated carbocycles. The van der Waals surface area contributed by atoms with E-state index < -0.39 is 5.97 Å². The van der Waals surface area contributed by atoms with Crippen LogP contribution in [0.5, 0.6) is 0 Å². The highest BCUT2D eigenvalue weighted by molar-refractivity contribution is 5.95. The lowest BCUT2D eigenvalue weighted by molar-refractivity contribution is 0.0695. The Morgan fingerprint density at radius 2 is 2.00 bits per heavy atom. The summed E-state index contributed by atoms with van der Waals surface area (Å²) >= 11 is 0. The zero-order valence-corrected chi connectivity index (χ0v) is 12.2. The normalized spacial score (nSPS) is 13.9. The van der Waals surface area contributed by atoms with Gasteiger partial charge in [-0.3, -0.25) is 4.79 Å². The number of hydrogen-bond acceptors (Lipinski definition) is 4. The van der Waals surface area contributed by atoms with Crippen LogP contribution in [-0.2, 0) is 6.54 Å². The van der Waals surface area contributed by atoms with Crippen molar-refractivity contribution < 1.29 is 19.2 Å².